The maximum Gasteiger partial charge on any atom is 0.243 e. The summed E-state index contributed by atoms with van der Waals surface area (Å²) in [4.78, 5) is 11.2. The van der Waals surface area contributed by atoms with Gasteiger partial charge < -0.3 is 11.5 Å². The zero-order valence-corrected chi connectivity index (χ0v) is 12.4. The van der Waals surface area contributed by atoms with Crippen LogP contribution in [-0.2, 0) is 14.8 Å². The number of carbonyl (C=O) groups excluding carboxylic acids is 1. The smallest absolute Gasteiger partial charge is 0.243 e. The summed E-state index contributed by atoms with van der Waals surface area (Å²) >= 11 is 3.21. The van der Waals surface area contributed by atoms with E-state index >= 15 is 0 Å². The quantitative estimate of drug-likeness (QED) is 0.777. The molecule has 2 rings (SSSR count). The molecule has 1 unspecified atom stereocenters. The summed E-state index contributed by atoms with van der Waals surface area (Å²) in [7, 11) is -3.62. The van der Waals surface area contributed by atoms with Crippen molar-refractivity contribution in [1.82, 2.24) is 4.31 Å². The zero-order chi connectivity index (χ0) is 14.2. The Hall–Kier alpha value is -1.12. The van der Waals surface area contributed by atoms with Gasteiger partial charge in [0.2, 0.25) is 15.9 Å². The number of amides is 1. The first-order chi connectivity index (χ1) is 8.82. The Morgan fingerprint density at radius 1 is 1.42 bits per heavy atom. The molecule has 19 heavy (non-hydrogen) atoms. The highest BCUT2D eigenvalue weighted by molar-refractivity contribution is 9.10. The van der Waals surface area contributed by atoms with Crippen molar-refractivity contribution in [2.45, 2.75) is 11.3 Å². The third-order valence-electron chi connectivity index (χ3n) is 3.16. The Morgan fingerprint density at radius 3 is 2.63 bits per heavy atom. The molecule has 1 aromatic rings. The molecule has 6 nitrogen and oxygen atoms in total. The Bertz CT molecular complexity index is 618. The van der Waals surface area contributed by atoms with Gasteiger partial charge in [-0.1, -0.05) is 0 Å². The Labute approximate surface area is 119 Å². The van der Waals surface area contributed by atoms with Crippen LogP contribution in [0.4, 0.5) is 5.69 Å². The van der Waals surface area contributed by atoms with Gasteiger partial charge in [0, 0.05) is 23.2 Å². The molecule has 0 radical (unpaired) electrons. The van der Waals surface area contributed by atoms with Gasteiger partial charge in [-0.3, -0.25) is 4.79 Å². The molecule has 0 aliphatic carbocycles. The maximum atomic E-state index is 12.4. The predicted octanol–water partition coefficient (Wildman–Crippen LogP) is 0.527. The number of nitrogens with zero attached hydrogens (tertiary/aromatic N) is 1. The van der Waals surface area contributed by atoms with Crippen molar-refractivity contribution in [2.75, 3.05) is 18.8 Å². The number of primary amides is 1. The number of rotatable bonds is 3. The van der Waals surface area contributed by atoms with Gasteiger partial charge in [-0.05, 0) is 40.5 Å². The lowest BCUT2D eigenvalue weighted by Crippen LogP contribution is -2.31. The predicted molar refractivity (Wildman–Crippen MR) is 74.6 cm³/mol. The molecule has 0 bridgehead atoms. The molecule has 4 N–H and O–H groups in total. The van der Waals surface area contributed by atoms with Crippen molar-refractivity contribution >= 4 is 37.5 Å². The Morgan fingerprint density at radius 2 is 2.11 bits per heavy atom. The molecule has 104 valence electrons. The number of nitrogen functional groups attached to an aromatic ring is 1. The van der Waals surface area contributed by atoms with E-state index in [9.17, 15) is 13.2 Å². The summed E-state index contributed by atoms with van der Waals surface area (Å²) in [6.45, 7) is 0.430. The van der Waals surface area contributed by atoms with E-state index in [1.165, 1.54) is 16.4 Å². The lowest BCUT2D eigenvalue weighted by atomic mass is 10.1. The SMILES string of the molecule is NC(=O)C1CCN(S(=O)(=O)c2ccc(Br)c(N)c2)C1. The van der Waals surface area contributed by atoms with Crippen LogP contribution in [0.5, 0.6) is 0 Å². The summed E-state index contributed by atoms with van der Waals surface area (Å²) in [5.74, 6) is -0.879. The summed E-state index contributed by atoms with van der Waals surface area (Å²) in [6.07, 6.45) is 0.459. The number of hydrogen-bond acceptors (Lipinski definition) is 4. The van der Waals surface area contributed by atoms with Gasteiger partial charge in [-0.15, -0.1) is 0 Å². The van der Waals surface area contributed by atoms with Gasteiger partial charge in [-0.2, -0.15) is 4.31 Å². The number of benzene rings is 1. The van der Waals surface area contributed by atoms with Crippen molar-refractivity contribution in [2.24, 2.45) is 11.7 Å². The van der Waals surface area contributed by atoms with Gasteiger partial charge in [0.25, 0.3) is 0 Å². The average molecular weight is 348 g/mol. The summed E-state index contributed by atoms with van der Waals surface area (Å²) in [5, 5.41) is 0. The summed E-state index contributed by atoms with van der Waals surface area (Å²) in [6, 6.07) is 4.47. The first-order valence-electron chi connectivity index (χ1n) is 5.67. The number of nitrogens with two attached hydrogens (primary N) is 2. The average Bonchev–Trinajstić information content (AvgIpc) is 2.82. The largest absolute Gasteiger partial charge is 0.398 e. The minimum atomic E-state index is -3.62. The van der Waals surface area contributed by atoms with E-state index in [-0.39, 0.29) is 11.4 Å². The monoisotopic (exact) mass is 347 g/mol. The summed E-state index contributed by atoms with van der Waals surface area (Å²) in [5.41, 5.74) is 11.2. The fourth-order valence-corrected chi connectivity index (χ4v) is 3.79. The first-order valence-corrected chi connectivity index (χ1v) is 7.90. The molecule has 0 saturated carbocycles. The van der Waals surface area contributed by atoms with Crippen LogP contribution in [0.2, 0.25) is 0 Å². The first kappa shape index (κ1) is 14.3. The van der Waals surface area contributed by atoms with Gasteiger partial charge in [-0.25, -0.2) is 8.42 Å². The Kier molecular flexibility index (Phi) is 3.84. The van der Waals surface area contributed by atoms with Crippen LogP contribution in [0.1, 0.15) is 6.42 Å². The standard InChI is InChI=1S/C11H14BrN3O3S/c12-9-2-1-8(5-10(9)13)19(17,18)15-4-3-7(6-15)11(14)16/h1-2,5,7H,3-4,6,13H2,(H2,14,16). The fourth-order valence-electron chi connectivity index (χ4n) is 2.01. The van der Waals surface area contributed by atoms with Crippen LogP contribution in [0.15, 0.2) is 27.6 Å². The Balaban J connectivity index is 2.28. The van der Waals surface area contributed by atoms with E-state index < -0.39 is 21.8 Å². The third-order valence-corrected chi connectivity index (χ3v) is 5.74. The fraction of sp³-hybridized carbons (Fsp3) is 0.364. The van der Waals surface area contributed by atoms with Crippen molar-refractivity contribution in [1.29, 1.82) is 0 Å². The van der Waals surface area contributed by atoms with Crippen LogP contribution in [0.3, 0.4) is 0 Å². The van der Waals surface area contributed by atoms with Crippen LogP contribution in [0.25, 0.3) is 0 Å². The molecule has 1 fully saturated rings. The minimum absolute atomic E-state index is 0.123. The molecular weight excluding hydrogens is 334 g/mol. The van der Waals surface area contributed by atoms with Gasteiger partial charge in [0.1, 0.15) is 0 Å². The lowest BCUT2D eigenvalue weighted by molar-refractivity contribution is -0.121. The molecule has 1 amide bonds. The number of halogens is 1. The number of carbonyl (C=O) groups is 1. The molecule has 8 heteroatoms. The second-order valence-electron chi connectivity index (χ2n) is 4.43. The topological polar surface area (TPSA) is 106 Å². The molecule has 1 saturated heterocycles. The normalized spacial score (nSPS) is 20.6. The summed E-state index contributed by atoms with van der Waals surface area (Å²) < 4.78 is 26.6. The zero-order valence-electron chi connectivity index (χ0n) is 10.0. The molecule has 0 spiro atoms. The van der Waals surface area contributed by atoms with E-state index in [1.807, 2.05) is 0 Å². The van der Waals surface area contributed by atoms with Crippen LogP contribution in [-0.4, -0.2) is 31.7 Å². The van der Waals surface area contributed by atoms with E-state index in [0.717, 1.165) is 0 Å². The van der Waals surface area contributed by atoms with Crippen molar-refractivity contribution < 1.29 is 13.2 Å². The van der Waals surface area contributed by atoms with Gasteiger partial charge in [0.15, 0.2) is 0 Å². The van der Waals surface area contributed by atoms with E-state index in [0.29, 0.717) is 23.1 Å². The number of sulfonamides is 1. The van der Waals surface area contributed by atoms with E-state index in [4.69, 9.17) is 11.5 Å². The molecule has 1 aliphatic heterocycles. The highest BCUT2D eigenvalue weighted by Crippen LogP contribution is 2.28. The molecule has 1 aliphatic rings. The van der Waals surface area contributed by atoms with Crippen molar-refractivity contribution in [3.8, 4) is 0 Å². The highest BCUT2D eigenvalue weighted by atomic mass is 79.9. The maximum absolute atomic E-state index is 12.4. The van der Waals surface area contributed by atoms with E-state index in [1.54, 1.807) is 6.07 Å². The van der Waals surface area contributed by atoms with Crippen molar-refractivity contribution in [3.05, 3.63) is 22.7 Å². The molecule has 0 aromatic heterocycles. The molecule has 1 heterocycles. The van der Waals surface area contributed by atoms with Gasteiger partial charge >= 0.3 is 0 Å². The highest BCUT2D eigenvalue weighted by Gasteiger charge is 2.35. The van der Waals surface area contributed by atoms with E-state index in [2.05, 4.69) is 15.9 Å². The van der Waals surface area contributed by atoms with Crippen LogP contribution in [0, 0.1) is 5.92 Å². The lowest BCUT2D eigenvalue weighted by Gasteiger charge is -2.16. The van der Waals surface area contributed by atoms with Crippen LogP contribution < -0.4 is 11.5 Å². The van der Waals surface area contributed by atoms with Crippen molar-refractivity contribution in [3.63, 3.8) is 0 Å². The third kappa shape index (κ3) is 2.75. The second kappa shape index (κ2) is 5.10. The number of anilines is 1. The molecule has 1 aromatic carbocycles. The number of hydrogen-bond donors (Lipinski definition) is 2. The van der Waals surface area contributed by atoms with Crippen LogP contribution >= 0.6 is 15.9 Å². The minimum Gasteiger partial charge on any atom is -0.398 e. The van der Waals surface area contributed by atoms with Gasteiger partial charge in [0.05, 0.1) is 10.8 Å². The second-order valence-corrected chi connectivity index (χ2v) is 7.23. The molecule has 1 atom stereocenters. The molecular formula is C11H14BrN3O3S.